The third-order valence-electron chi connectivity index (χ3n) is 4.48. The second kappa shape index (κ2) is 8.32. The number of nitrogens with one attached hydrogen (secondary N) is 1. The summed E-state index contributed by atoms with van der Waals surface area (Å²) in [7, 11) is 0. The SMILES string of the molecule is CC(O)(CC(=O)Nc1cnn(CC(=O)N2CCOCC2)c1)c1ccccc1. The van der Waals surface area contributed by atoms with E-state index in [1.807, 2.05) is 18.2 Å². The number of nitrogens with zero attached hydrogens (tertiary/aromatic N) is 3. The highest BCUT2D eigenvalue weighted by atomic mass is 16.5. The zero-order chi connectivity index (χ0) is 19.3. The Kier molecular flexibility index (Phi) is 5.88. The first kappa shape index (κ1) is 19.1. The van der Waals surface area contributed by atoms with E-state index in [4.69, 9.17) is 4.74 Å². The van der Waals surface area contributed by atoms with Crippen molar-refractivity contribution in [3.63, 3.8) is 0 Å². The standard InChI is InChI=1S/C19H24N4O4/c1-19(26,15-5-3-2-4-6-15)11-17(24)21-16-12-20-23(13-16)14-18(25)22-7-9-27-10-8-22/h2-6,12-13,26H,7-11,14H2,1H3,(H,21,24). The van der Waals surface area contributed by atoms with E-state index in [1.54, 1.807) is 30.2 Å². The van der Waals surface area contributed by atoms with Crippen LogP contribution in [0.15, 0.2) is 42.7 Å². The zero-order valence-corrected chi connectivity index (χ0v) is 15.3. The largest absolute Gasteiger partial charge is 0.385 e. The van der Waals surface area contributed by atoms with E-state index >= 15 is 0 Å². The molecule has 1 aromatic carbocycles. The first-order chi connectivity index (χ1) is 12.9. The Morgan fingerprint density at radius 2 is 1.96 bits per heavy atom. The molecule has 2 N–H and O–H groups in total. The fourth-order valence-electron chi connectivity index (χ4n) is 2.98. The molecule has 0 radical (unpaired) electrons. The van der Waals surface area contributed by atoms with Crippen LogP contribution in [0.1, 0.15) is 18.9 Å². The van der Waals surface area contributed by atoms with E-state index in [0.717, 1.165) is 0 Å². The normalized spacial score (nSPS) is 16.6. The number of carbonyl (C=O) groups is 2. The van der Waals surface area contributed by atoms with E-state index in [-0.39, 0.29) is 24.8 Å². The van der Waals surface area contributed by atoms with Gasteiger partial charge in [0.25, 0.3) is 0 Å². The number of amides is 2. The molecule has 3 rings (SSSR count). The van der Waals surface area contributed by atoms with E-state index < -0.39 is 5.60 Å². The van der Waals surface area contributed by atoms with Crippen molar-refractivity contribution in [2.45, 2.75) is 25.5 Å². The molecule has 0 saturated carbocycles. The molecule has 27 heavy (non-hydrogen) atoms. The van der Waals surface area contributed by atoms with Crippen molar-refractivity contribution in [3.05, 3.63) is 48.3 Å². The Morgan fingerprint density at radius 1 is 1.26 bits per heavy atom. The van der Waals surface area contributed by atoms with Gasteiger partial charge in [-0.05, 0) is 12.5 Å². The number of carbonyl (C=O) groups excluding carboxylic acids is 2. The van der Waals surface area contributed by atoms with Gasteiger partial charge in [-0.1, -0.05) is 30.3 Å². The summed E-state index contributed by atoms with van der Waals surface area (Å²) in [5, 5.41) is 17.4. The number of benzene rings is 1. The lowest BCUT2D eigenvalue weighted by atomic mass is 9.92. The van der Waals surface area contributed by atoms with Crippen LogP contribution in [0.2, 0.25) is 0 Å². The Balaban J connectivity index is 1.54. The molecule has 0 aliphatic carbocycles. The van der Waals surface area contributed by atoms with E-state index in [2.05, 4.69) is 10.4 Å². The average molecular weight is 372 g/mol. The number of aromatic nitrogens is 2. The van der Waals surface area contributed by atoms with Crippen LogP contribution in [0.4, 0.5) is 5.69 Å². The number of hydrogen-bond donors (Lipinski definition) is 2. The summed E-state index contributed by atoms with van der Waals surface area (Å²) >= 11 is 0. The van der Waals surface area contributed by atoms with Crippen molar-refractivity contribution in [1.29, 1.82) is 0 Å². The van der Waals surface area contributed by atoms with E-state index in [0.29, 0.717) is 37.6 Å². The molecule has 8 nitrogen and oxygen atoms in total. The predicted molar refractivity (Wildman–Crippen MR) is 98.9 cm³/mol. The zero-order valence-electron chi connectivity index (χ0n) is 15.3. The minimum Gasteiger partial charge on any atom is -0.385 e. The van der Waals surface area contributed by atoms with Gasteiger partial charge in [-0.2, -0.15) is 5.10 Å². The minimum atomic E-state index is -1.27. The van der Waals surface area contributed by atoms with Gasteiger partial charge in [0.15, 0.2) is 0 Å². The molecule has 1 unspecified atom stereocenters. The third-order valence-corrected chi connectivity index (χ3v) is 4.48. The molecule has 144 valence electrons. The highest BCUT2D eigenvalue weighted by molar-refractivity contribution is 5.91. The predicted octanol–water partition coefficient (Wildman–Crippen LogP) is 0.978. The van der Waals surface area contributed by atoms with Crippen LogP contribution >= 0.6 is 0 Å². The third kappa shape index (κ3) is 5.15. The highest BCUT2D eigenvalue weighted by Crippen LogP contribution is 2.24. The van der Waals surface area contributed by atoms with Crippen molar-refractivity contribution in [2.75, 3.05) is 31.6 Å². The summed E-state index contributed by atoms with van der Waals surface area (Å²) in [5.41, 5.74) is -0.112. The lowest BCUT2D eigenvalue weighted by Gasteiger charge is -2.26. The smallest absolute Gasteiger partial charge is 0.244 e. The monoisotopic (exact) mass is 372 g/mol. The van der Waals surface area contributed by atoms with Gasteiger partial charge in [0.2, 0.25) is 11.8 Å². The molecule has 2 aromatic rings. The van der Waals surface area contributed by atoms with E-state index in [9.17, 15) is 14.7 Å². The van der Waals surface area contributed by atoms with Gasteiger partial charge >= 0.3 is 0 Å². The second-order valence-corrected chi connectivity index (χ2v) is 6.78. The topological polar surface area (TPSA) is 96.7 Å². The second-order valence-electron chi connectivity index (χ2n) is 6.78. The fourth-order valence-corrected chi connectivity index (χ4v) is 2.98. The maximum atomic E-state index is 12.3. The van der Waals surface area contributed by atoms with Crippen LogP contribution in [0.3, 0.4) is 0 Å². The summed E-state index contributed by atoms with van der Waals surface area (Å²) in [4.78, 5) is 26.3. The van der Waals surface area contributed by atoms with Crippen molar-refractivity contribution in [1.82, 2.24) is 14.7 Å². The van der Waals surface area contributed by atoms with Gasteiger partial charge in [0.05, 0.1) is 37.1 Å². The number of anilines is 1. The molecule has 1 fully saturated rings. The minimum absolute atomic E-state index is 0.0358. The Hall–Kier alpha value is -2.71. The molecule has 1 aromatic heterocycles. The quantitative estimate of drug-likeness (QED) is 0.788. The summed E-state index contributed by atoms with van der Waals surface area (Å²) in [5.74, 6) is -0.366. The van der Waals surface area contributed by atoms with Crippen LogP contribution in [-0.2, 0) is 26.5 Å². The van der Waals surface area contributed by atoms with Gasteiger partial charge in [0, 0.05) is 19.3 Å². The molecule has 2 amide bonds. The molecule has 1 aliphatic heterocycles. The van der Waals surface area contributed by atoms with Crippen molar-refractivity contribution < 1.29 is 19.4 Å². The van der Waals surface area contributed by atoms with Crippen LogP contribution in [0.25, 0.3) is 0 Å². The van der Waals surface area contributed by atoms with Crippen LogP contribution in [0, 0.1) is 0 Å². The molecular formula is C19H24N4O4. The van der Waals surface area contributed by atoms with Gasteiger partial charge in [0.1, 0.15) is 6.54 Å². The summed E-state index contributed by atoms with van der Waals surface area (Å²) in [6.45, 7) is 3.97. The summed E-state index contributed by atoms with van der Waals surface area (Å²) in [6, 6.07) is 9.05. The number of morpholine rings is 1. The first-order valence-corrected chi connectivity index (χ1v) is 8.90. The van der Waals surface area contributed by atoms with Crippen LogP contribution < -0.4 is 5.32 Å². The Bertz CT molecular complexity index is 782. The van der Waals surface area contributed by atoms with Crippen LogP contribution in [0.5, 0.6) is 0 Å². The molecule has 0 spiro atoms. The number of hydrogen-bond acceptors (Lipinski definition) is 5. The maximum Gasteiger partial charge on any atom is 0.244 e. The van der Waals surface area contributed by atoms with E-state index in [1.165, 1.54) is 10.9 Å². The Labute approximate surface area is 157 Å². The molecule has 0 bridgehead atoms. The molecule has 1 aliphatic rings. The number of rotatable bonds is 6. The van der Waals surface area contributed by atoms with Gasteiger partial charge < -0.3 is 20.1 Å². The maximum absolute atomic E-state index is 12.3. The number of ether oxygens (including phenoxy) is 1. The molecule has 1 saturated heterocycles. The average Bonchev–Trinajstić information content (AvgIpc) is 3.09. The van der Waals surface area contributed by atoms with Crippen molar-refractivity contribution in [2.24, 2.45) is 0 Å². The fraction of sp³-hybridized carbons (Fsp3) is 0.421. The van der Waals surface area contributed by atoms with Crippen LogP contribution in [-0.4, -0.2) is 57.9 Å². The first-order valence-electron chi connectivity index (χ1n) is 8.90. The van der Waals surface area contributed by atoms with Gasteiger partial charge in [-0.15, -0.1) is 0 Å². The summed E-state index contributed by atoms with van der Waals surface area (Å²) < 4.78 is 6.72. The highest BCUT2D eigenvalue weighted by Gasteiger charge is 2.26. The lowest BCUT2D eigenvalue weighted by molar-refractivity contribution is -0.136. The van der Waals surface area contributed by atoms with Gasteiger partial charge in [-0.25, -0.2) is 0 Å². The number of aliphatic hydroxyl groups is 1. The molecule has 2 heterocycles. The van der Waals surface area contributed by atoms with Crippen molar-refractivity contribution in [3.8, 4) is 0 Å². The Morgan fingerprint density at radius 3 is 2.67 bits per heavy atom. The van der Waals surface area contributed by atoms with Gasteiger partial charge in [-0.3, -0.25) is 14.3 Å². The molecule has 8 heteroatoms. The molecular weight excluding hydrogens is 348 g/mol. The lowest BCUT2D eigenvalue weighted by Crippen LogP contribution is -2.42. The van der Waals surface area contributed by atoms with Crippen molar-refractivity contribution >= 4 is 17.5 Å². The molecule has 1 atom stereocenters. The summed E-state index contributed by atoms with van der Waals surface area (Å²) in [6.07, 6.45) is 3.00.